The van der Waals surface area contributed by atoms with Gasteiger partial charge in [0.1, 0.15) is 0 Å². The standard InChI is InChI=1S/C16H25NO4/c1-7-13(2,3)10(18)17-11(19)16-9-8-15(6,12(20)21-16)14(16,4)5/h7-9H2,1-6H3,(H,17,18,19). The molecule has 2 atom stereocenters. The van der Waals surface area contributed by atoms with E-state index < -0.39 is 27.8 Å². The second-order valence-electron chi connectivity index (χ2n) is 7.69. The number of fused-ring (bicyclic) bond motifs is 2. The molecule has 1 saturated carbocycles. The number of carbonyl (C=O) groups excluding carboxylic acids is 3. The molecule has 2 fully saturated rings. The highest BCUT2D eigenvalue weighted by molar-refractivity contribution is 6.05. The van der Waals surface area contributed by atoms with E-state index in [1.807, 2.05) is 27.7 Å². The number of imide groups is 1. The van der Waals surface area contributed by atoms with E-state index in [9.17, 15) is 14.4 Å². The molecule has 2 amide bonds. The number of rotatable bonds is 3. The zero-order chi connectivity index (χ0) is 16.3. The van der Waals surface area contributed by atoms with Gasteiger partial charge >= 0.3 is 5.97 Å². The lowest BCUT2D eigenvalue weighted by molar-refractivity contribution is -0.169. The van der Waals surface area contributed by atoms with Gasteiger partial charge in [-0.25, -0.2) is 0 Å². The average molecular weight is 295 g/mol. The molecule has 2 bridgehead atoms. The summed E-state index contributed by atoms with van der Waals surface area (Å²) >= 11 is 0. The molecule has 1 saturated heterocycles. The molecular formula is C16H25NO4. The molecule has 0 aromatic heterocycles. The third-order valence-corrected chi connectivity index (χ3v) is 6.18. The van der Waals surface area contributed by atoms with Crippen LogP contribution in [-0.4, -0.2) is 23.4 Å². The van der Waals surface area contributed by atoms with Crippen molar-refractivity contribution in [1.82, 2.24) is 5.32 Å². The Hall–Kier alpha value is -1.39. The van der Waals surface area contributed by atoms with Crippen LogP contribution in [0.4, 0.5) is 0 Å². The van der Waals surface area contributed by atoms with Gasteiger partial charge < -0.3 is 4.74 Å². The summed E-state index contributed by atoms with van der Waals surface area (Å²) in [6.07, 6.45) is 1.70. The number of nitrogens with one attached hydrogen (secondary N) is 1. The Bertz CT molecular complexity index is 522. The minimum absolute atomic E-state index is 0.322. The van der Waals surface area contributed by atoms with Crippen molar-refractivity contribution in [3.8, 4) is 0 Å². The fourth-order valence-corrected chi connectivity index (χ4v) is 3.28. The number of ether oxygens (including phenoxy) is 1. The van der Waals surface area contributed by atoms with Gasteiger partial charge in [-0.1, -0.05) is 34.6 Å². The predicted octanol–water partition coefficient (Wildman–Crippen LogP) is 2.19. The first-order chi connectivity index (χ1) is 9.44. The van der Waals surface area contributed by atoms with Crippen molar-refractivity contribution in [2.24, 2.45) is 16.2 Å². The lowest BCUT2D eigenvalue weighted by Gasteiger charge is -2.35. The lowest BCUT2D eigenvalue weighted by Crippen LogP contribution is -2.56. The van der Waals surface area contributed by atoms with Gasteiger partial charge in [-0.3, -0.25) is 19.7 Å². The third-order valence-electron chi connectivity index (χ3n) is 6.18. The molecule has 1 aliphatic carbocycles. The molecule has 2 rings (SSSR count). The Morgan fingerprint density at radius 1 is 1.24 bits per heavy atom. The number of carbonyl (C=O) groups is 3. The quantitative estimate of drug-likeness (QED) is 0.810. The SMILES string of the molecule is CCC(C)(C)C(=O)NC(=O)C12CCC(C)(C(=O)O1)C2(C)C. The normalized spacial score (nSPS) is 33.7. The molecule has 1 heterocycles. The van der Waals surface area contributed by atoms with Crippen LogP contribution in [0.3, 0.4) is 0 Å². The molecule has 5 nitrogen and oxygen atoms in total. The summed E-state index contributed by atoms with van der Waals surface area (Å²) in [5.41, 5.74) is -3.13. The van der Waals surface area contributed by atoms with Crippen molar-refractivity contribution in [2.75, 3.05) is 0 Å². The van der Waals surface area contributed by atoms with E-state index in [0.29, 0.717) is 19.3 Å². The van der Waals surface area contributed by atoms with Gasteiger partial charge in [0.05, 0.1) is 5.41 Å². The Morgan fingerprint density at radius 2 is 1.81 bits per heavy atom. The minimum Gasteiger partial charge on any atom is -0.448 e. The number of hydrogen-bond donors (Lipinski definition) is 1. The molecule has 21 heavy (non-hydrogen) atoms. The summed E-state index contributed by atoms with van der Waals surface area (Å²) in [5.74, 6) is -1.14. The van der Waals surface area contributed by atoms with E-state index in [1.165, 1.54) is 0 Å². The predicted molar refractivity (Wildman–Crippen MR) is 77.2 cm³/mol. The maximum absolute atomic E-state index is 12.7. The Balaban J connectivity index is 2.29. The smallest absolute Gasteiger partial charge is 0.313 e. The third kappa shape index (κ3) is 1.79. The Kier molecular flexibility index (Phi) is 3.28. The first kappa shape index (κ1) is 16.0. The minimum atomic E-state index is -1.22. The second-order valence-corrected chi connectivity index (χ2v) is 7.69. The van der Waals surface area contributed by atoms with Gasteiger partial charge in [0, 0.05) is 10.8 Å². The molecule has 2 unspecified atom stereocenters. The number of hydrogen-bond acceptors (Lipinski definition) is 4. The molecule has 0 aromatic rings. The number of esters is 1. The van der Waals surface area contributed by atoms with Crippen LogP contribution in [0.25, 0.3) is 0 Å². The largest absolute Gasteiger partial charge is 0.448 e. The van der Waals surface area contributed by atoms with Crippen LogP contribution in [0.2, 0.25) is 0 Å². The van der Waals surface area contributed by atoms with Crippen LogP contribution in [0.1, 0.15) is 60.8 Å². The van der Waals surface area contributed by atoms with Gasteiger partial charge in [-0.05, 0) is 26.2 Å². The highest BCUT2D eigenvalue weighted by Gasteiger charge is 2.75. The van der Waals surface area contributed by atoms with Crippen molar-refractivity contribution < 1.29 is 19.1 Å². The first-order valence-corrected chi connectivity index (χ1v) is 7.54. The monoisotopic (exact) mass is 295 g/mol. The van der Waals surface area contributed by atoms with Crippen LogP contribution in [0.15, 0.2) is 0 Å². The fraction of sp³-hybridized carbons (Fsp3) is 0.812. The zero-order valence-electron chi connectivity index (χ0n) is 13.8. The summed E-state index contributed by atoms with van der Waals surface area (Å²) in [4.78, 5) is 37.1. The van der Waals surface area contributed by atoms with E-state index in [-0.39, 0.29) is 11.9 Å². The van der Waals surface area contributed by atoms with Gasteiger partial charge in [-0.15, -0.1) is 0 Å². The van der Waals surface area contributed by atoms with Crippen molar-refractivity contribution >= 4 is 17.8 Å². The second kappa shape index (κ2) is 4.31. The topological polar surface area (TPSA) is 72.5 Å². The van der Waals surface area contributed by atoms with Crippen molar-refractivity contribution in [3.05, 3.63) is 0 Å². The van der Waals surface area contributed by atoms with Crippen LogP contribution in [-0.2, 0) is 19.1 Å². The van der Waals surface area contributed by atoms with Crippen LogP contribution in [0, 0.1) is 16.2 Å². The molecular weight excluding hydrogens is 270 g/mol. The van der Waals surface area contributed by atoms with E-state index >= 15 is 0 Å². The van der Waals surface area contributed by atoms with Gasteiger partial charge in [0.2, 0.25) is 5.91 Å². The Morgan fingerprint density at radius 3 is 2.19 bits per heavy atom. The maximum Gasteiger partial charge on any atom is 0.313 e. The zero-order valence-corrected chi connectivity index (χ0v) is 13.8. The van der Waals surface area contributed by atoms with Gasteiger partial charge in [-0.2, -0.15) is 0 Å². The van der Waals surface area contributed by atoms with E-state index in [2.05, 4.69) is 5.32 Å². The van der Waals surface area contributed by atoms with E-state index in [4.69, 9.17) is 4.74 Å². The highest BCUT2D eigenvalue weighted by Crippen LogP contribution is 2.65. The average Bonchev–Trinajstić information content (AvgIpc) is 2.68. The van der Waals surface area contributed by atoms with E-state index in [1.54, 1.807) is 13.8 Å². The number of amides is 2. The Labute approximate surface area is 125 Å². The van der Waals surface area contributed by atoms with E-state index in [0.717, 1.165) is 0 Å². The van der Waals surface area contributed by atoms with Crippen LogP contribution >= 0.6 is 0 Å². The summed E-state index contributed by atoms with van der Waals surface area (Å²) in [5, 5.41) is 2.47. The molecule has 118 valence electrons. The first-order valence-electron chi connectivity index (χ1n) is 7.54. The highest BCUT2D eigenvalue weighted by atomic mass is 16.6. The molecule has 5 heteroatoms. The molecule has 0 spiro atoms. The maximum atomic E-state index is 12.7. The molecule has 0 aromatic carbocycles. The van der Waals surface area contributed by atoms with Gasteiger partial charge in [0.15, 0.2) is 5.60 Å². The molecule has 1 aliphatic heterocycles. The van der Waals surface area contributed by atoms with Crippen LogP contribution < -0.4 is 5.32 Å². The van der Waals surface area contributed by atoms with Crippen molar-refractivity contribution in [1.29, 1.82) is 0 Å². The fourth-order valence-electron chi connectivity index (χ4n) is 3.28. The summed E-state index contributed by atoms with van der Waals surface area (Å²) in [6.45, 7) is 11.1. The summed E-state index contributed by atoms with van der Waals surface area (Å²) in [6, 6.07) is 0. The van der Waals surface area contributed by atoms with Crippen LogP contribution in [0.5, 0.6) is 0 Å². The summed E-state index contributed by atoms with van der Waals surface area (Å²) < 4.78 is 5.47. The van der Waals surface area contributed by atoms with Gasteiger partial charge in [0.25, 0.3) is 5.91 Å². The molecule has 2 aliphatic rings. The molecule has 0 radical (unpaired) electrons. The molecule has 1 N–H and O–H groups in total. The van der Waals surface area contributed by atoms with Crippen molar-refractivity contribution in [2.45, 2.75) is 66.4 Å². The summed E-state index contributed by atoms with van der Waals surface area (Å²) in [7, 11) is 0. The lowest BCUT2D eigenvalue weighted by atomic mass is 9.66. The van der Waals surface area contributed by atoms with Crippen molar-refractivity contribution in [3.63, 3.8) is 0 Å².